The van der Waals surface area contributed by atoms with Crippen molar-refractivity contribution < 1.29 is 19.1 Å². The molecule has 0 aliphatic carbocycles. The molecule has 0 aromatic carbocycles. The molecule has 1 atom stereocenters. The van der Waals surface area contributed by atoms with Crippen LogP contribution in [0.4, 0.5) is 15.4 Å². The average Bonchev–Trinajstić information content (AvgIpc) is 2.92. The lowest BCUT2D eigenvalue weighted by Gasteiger charge is -2.33. The van der Waals surface area contributed by atoms with Gasteiger partial charge in [-0.25, -0.2) is 14.6 Å². The topological polar surface area (TPSA) is 72.0 Å². The zero-order valence-corrected chi connectivity index (χ0v) is 15.9. The highest BCUT2D eigenvalue weighted by Gasteiger charge is 2.33. The Hall–Kier alpha value is -2.31. The second-order valence-corrected chi connectivity index (χ2v) is 7.96. The fourth-order valence-corrected chi connectivity index (χ4v) is 3.32. The number of likely N-dealkylation sites (tertiary alicyclic amines) is 1. The minimum atomic E-state index is -0.481. The molecule has 1 aromatic rings. The molecule has 2 aliphatic heterocycles. The fourth-order valence-electron chi connectivity index (χ4n) is 3.32. The van der Waals surface area contributed by atoms with Gasteiger partial charge >= 0.3 is 12.2 Å². The molecular weight excluding hydrogens is 334 g/mol. The summed E-state index contributed by atoms with van der Waals surface area (Å²) in [6.45, 7) is 9.24. The molecule has 0 bridgehead atoms. The zero-order valence-electron chi connectivity index (χ0n) is 15.9. The monoisotopic (exact) mass is 361 g/mol. The second-order valence-electron chi connectivity index (χ2n) is 7.96. The summed E-state index contributed by atoms with van der Waals surface area (Å²) in [6, 6.07) is 5.74. The summed E-state index contributed by atoms with van der Waals surface area (Å²) < 4.78 is 10.5. The Kier molecular flexibility index (Phi) is 5.07. The van der Waals surface area contributed by atoms with Gasteiger partial charge in [-0.05, 0) is 52.7 Å². The number of hydrogen-bond donors (Lipinski definition) is 0. The van der Waals surface area contributed by atoms with Gasteiger partial charge in [-0.15, -0.1) is 0 Å². The van der Waals surface area contributed by atoms with E-state index in [-0.39, 0.29) is 24.1 Å². The Balaban J connectivity index is 1.64. The van der Waals surface area contributed by atoms with Crippen LogP contribution >= 0.6 is 0 Å². The zero-order chi connectivity index (χ0) is 18.9. The van der Waals surface area contributed by atoms with Gasteiger partial charge < -0.3 is 14.4 Å². The summed E-state index contributed by atoms with van der Waals surface area (Å²) in [5.74, 6) is 0.898. The van der Waals surface area contributed by atoms with E-state index >= 15 is 0 Å². The maximum Gasteiger partial charge on any atom is 0.415 e. The number of carbonyl (C=O) groups is 2. The lowest BCUT2D eigenvalue weighted by Crippen LogP contribution is -2.41. The first kappa shape index (κ1) is 18.5. The Labute approximate surface area is 154 Å². The minimum absolute atomic E-state index is 0.0146. The quantitative estimate of drug-likeness (QED) is 0.806. The van der Waals surface area contributed by atoms with E-state index < -0.39 is 5.60 Å². The number of aromatic nitrogens is 1. The van der Waals surface area contributed by atoms with Crippen molar-refractivity contribution in [3.8, 4) is 0 Å². The van der Waals surface area contributed by atoms with Crippen LogP contribution in [-0.2, 0) is 9.47 Å². The maximum absolute atomic E-state index is 12.2. The number of anilines is 1. The lowest BCUT2D eigenvalue weighted by atomic mass is 9.93. The van der Waals surface area contributed by atoms with Crippen molar-refractivity contribution in [3.63, 3.8) is 0 Å². The smallest absolute Gasteiger partial charge is 0.415 e. The molecule has 26 heavy (non-hydrogen) atoms. The number of cyclic esters (lactones) is 1. The van der Waals surface area contributed by atoms with Crippen LogP contribution in [0.25, 0.3) is 0 Å². The van der Waals surface area contributed by atoms with Crippen molar-refractivity contribution >= 4 is 18.0 Å². The van der Waals surface area contributed by atoms with Gasteiger partial charge in [-0.2, -0.15) is 0 Å². The number of carbonyl (C=O) groups excluding carboxylic acids is 2. The number of piperidine rings is 1. The number of ether oxygens (including phenoxy) is 2. The van der Waals surface area contributed by atoms with E-state index in [1.807, 2.05) is 45.9 Å². The third-order valence-electron chi connectivity index (χ3n) is 4.65. The van der Waals surface area contributed by atoms with Crippen LogP contribution in [0.3, 0.4) is 0 Å². The highest BCUT2D eigenvalue weighted by Crippen LogP contribution is 2.30. The van der Waals surface area contributed by atoms with E-state index in [2.05, 4.69) is 0 Å². The van der Waals surface area contributed by atoms with Crippen molar-refractivity contribution in [2.24, 2.45) is 0 Å². The fraction of sp³-hybridized carbons (Fsp3) is 0.632. The van der Waals surface area contributed by atoms with Crippen LogP contribution in [0.2, 0.25) is 0 Å². The molecule has 2 saturated heterocycles. The van der Waals surface area contributed by atoms with E-state index in [0.29, 0.717) is 25.5 Å². The third-order valence-corrected chi connectivity index (χ3v) is 4.65. The van der Waals surface area contributed by atoms with Gasteiger partial charge in [-0.3, -0.25) is 4.90 Å². The SMILES string of the molecule is C[C@@H]1COC(=O)N1c1cccc(C2CCN(C(=O)OC(C)(C)C)CC2)n1. The summed E-state index contributed by atoms with van der Waals surface area (Å²) in [5.41, 5.74) is 0.475. The van der Waals surface area contributed by atoms with Crippen LogP contribution in [-0.4, -0.2) is 53.4 Å². The molecule has 0 spiro atoms. The predicted molar refractivity (Wildman–Crippen MR) is 97.3 cm³/mol. The van der Waals surface area contributed by atoms with Crippen LogP contribution in [0.5, 0.6) is 0 Å². The Morgan fingerprint density at radius 3 is 2.54 bits per heavy atom. The Bertz CT molecular complexity index is 678. The molecule has 2 amide bonds. The molecule has 0 radical (unpaired) electrons. The minimum Gasteiger partial charge on any atom is -0.447 e. The summed E-state index contributed by atoms with van der Waals surface area (Å²) in [4.78, 5) is 32.1. The summed E-state index contributed by atoms with van der Waals surface area (Å²) in [6.07, 6.45) is 1.05. The van der Waals surface area contributed by atoms with Gasteiger partial charge in [-0.1, -0.05) is 6.07 Å². The highest BCUT2D eigenvalue weighted by molar-refractivity contribution is 5.88. The van der Waals surface area contributed by atoms with E-state index in [4.69, 9.17) is 14.5 Å². The summed E-state index contributed by atoms with van der Waals surface area (Å²) >= 11 is 0. The predicted octanol–water partition coefficient (Wildman–Crippen LogP) is 3.54. The summed E-state index contributed by atoms with van der Waals surface area (Å²) in [5, 5.41) is 0. The first-order valence-corrected chi connectivity index (χ1v) is 9.15. The Morgan fingerprint density at radius 1 is 1.27 bits per heavy atom. The van der Waals surface area contributed by atoms with Crippen LogP contribution in [0.1, 0.15) is 52.1 Å². The van der Waals surface area contributed by atoms with Crippen molar-refractivity contribution in [1.29, 1.82) is 0 Å². The maximum atomic E-state index is 12.2. The molecule has 0 N–H and O–H groups in total. The van der Waals surface area contributed by atoms with E-state index in [9.17, 15) is 9.59 Å². The Morgan fingerprint density at radius 2 is 1.96 bits per heavy atom. The van der Waals surface area contributed by atoms with E-state index in [0.717, 1.165) is 18.5 Å². The number of pyridine rings is 1. The molecule has 142 valence electrons. The average molecular weight is 361 g/mol. The number of amides is 2. The molecule has 3 heterocycles. The standard InChI is InChI=1S/C19H27N3O4/c1-13-12-25-18(24)22(13)16-7-5-6-15(20-16)14-8-10-21(11-9-14)17(23)26-19(2,3)4/h5-7,13-14H,8-12H2,1-4H3/t13-/m1/s1. The molecule has 0 saturated carbocycles. The number of rotatable bonds is 2. The first-order valence-electron chi connectivity index (χ1n) is 9.15. The van der Waals surface area contributed by atoms with Crippen molar-refractivity contribution in [1.82, 2.24) is 9.88 Å². The summed E-state index contributed by atoms with van der Waals surface area (Å²) in [7, 11) is 0. The number of hydrogen-bond acceptors (Lipinski definition) is 5. The van der Waals surface area contributed by atoms with Crippen molar-refractivity contribution in [3.05, 3.63) is 23.9 Å². The molecule has 2 fully saturated rings. The number of nitrogens with zero attached hydrogens (tertiary/aromatic N) is 3. The normalized spacial score (nSPS) is 21.7. The highest BCUT2D eigenvalue weighted by atomic mass is 16.6. The molecule has 1 aromatic heterocycles. The van der Waals surface area contributed by atoms with Gasteiger partial charge in [0.1, 0.15) is 18.0 Å². The van der Waals surface area contributed by atoms with Gasteiger partial charge in [0.25, 0.3) is 0 Å². The largest absolute Gasteiger partial charge is 0.447 e. The van der Waals surface area contributed by atoms with Crippen LogP contribution < -0.4 is 4.90 Å². The van der Waals surface area contributed by atoms with Crippen molar-refractivity contribution in [2.45, 2.75) is 58.1 Å². The lowest BCUT2D eigenvalue weighted by molar-refractivity contribution is 0.0204. The van der Waals surface area contributed by atoms with E-state index in [1.165, 1.54) is 0 Å². The molecule has 7 nitrogen and oxygen atoms in total. The molecule has 2 aliphatic rings. The molecular formula is C19H27N3O4. The van der Waals surface area contributed by atoms with Crippen molar-refractivity contribution in [2.75, 3.05) is 24.6 Å². The molecule has 7 heteroatoms. The van der Waals surface area contributed by atoms with E-state index in [1.54, 1.807) is 9.80 Å². The van der Waals surface area contributed by atoms with Gasteiger partial charge in [0.15, 0.2) is 0 Å². The van der Waals surface area contributed by atoms with Gasteiger partial charge in [0.2, 0.25) is 0 Å². The second kappa shape index (κ2) is 7.13. The first-order chi connectivity index (χ1) is 12.2. The van der Waals surface area contributed by atoms with Gasteiger partial charge in [0.05, 0.1) is 6.04 Å². The van der Waals surface area contributed by atoms with Gasteiger partial charge in [0, 0.05) is 24.7 Å². The molecule has 0 unspecified atom stereocenters. The van der Waals surface area contributed by atoms with Crippen LogP contribution in [0, 0.1) is 0 Å². The third kappa shape index (κ3) is 4.08. The van der Waals surface area contributed by atoms with Crippen LogP contribution in [0.15, 0.2) is 18.2 Å². The molecule has 3 rings (SSSR count).